The highest BCUT2D eigenvalue weighted by atomic mass is 79.9. The van der Waals surface area contributed by atoms with Crippen LogP contribution in [0.15, 0.2) is 15.5 Å². The van der Waals surface area contributed by atoms with E-state index in [1.54, 1.807) is 6.20 Å². The van der Waals surface area contributed by atoms with Crippen LogP contribution in [0.4, 0.5) is 5.69 Å². The van der Waals surface area contributed by atoms with Gasteiger partial charge in [0.1, 0.15) is 4.47 Å². The molecule has 0 bridgehead atoms. The van der Waals surface area contributed by atoms with Crippen molar-refractivity contribution in [3.63, 3.8) is 0 Å². The van der Waals surface area contributed by atoms with Gasteiger partial charge < -0.3 is 10.2 Å². The van der Waals surface area contributed by atoms with Crippen molar-refractivity contribution in [1.82, 2.24) is 14.7 Å². The van der Waals surface area contributed by atoms with Gasteiger partial charge in [-0.2, -0.15) is 16.9 Å². The standard InChI is InChI=1S/C13H21BrN4OS/c1-17(2)5-6-18-13(19)12(14)11(9-15-18)16-10-3-7-20-8-4-10/h9-10,16H,3-8H2,1-2H3. The fourth-order valence-electron chi connectivity index (χ4n) is 2.08. The van der Waals surface area contributed by atoms with Crippen LogP contribution in [-0.2, 0) is 6.54 Å². The van der Waals surface area contributed by atoms with E-state index >= 15 is 0 Å². The molecule has 1 saturated heterocycles. The lowest BCUT2D eigenvalue weighted by Gasteiger charge is -2.24. The van der Waals surface area contributed by atoms with E-state index in [2.05, 4.69) is 26.3 Å². The van der Waals surface area contributed by atoms with Gasteiger partial charge in [-0.05, 0) is 54.4 Å². The maximum Gasteiger partial charge on any atom is 0.283 e. The van der Waals surface area contributed by atoms with Crippen molar-refractivity contribution >= 4 is 33.4 Å². The Morgan fingerprint density at radius 1 is 1.50 bits per heavy atom. The number of nitrogens with zero attached hydrogens (tertiary/aromatic N) is 3. The molecule has 1 aliphatic rings. The van der Waals surface area contributed by atoms with Crippen LogP contribution < -0.4 is 10.9 Å². The summed E-state index contributed by atoms with van der Waals surface area (Å²) in [7, 11) is 3.97. The Kier molecular flexibility index (Phi) is 5.92. The zero-order chi connectivity index (χ0) is 14.5. The lowest BCUT2D eigenvalue weighted by molar-refractivity contribution is 0.367. The average Bonchev–Trinajstić information content (AvgIpc) is 2.44. The van der Waals surface area contributed by atoms with Gasteiger partial charge in [0, 0.05) is 12.6 Å². The summed E-state index contributed by atoms with van der Waals surface area (Å²) < 4.78 is 2.09. The molecule has 0 amide bonds. The predicted octanol–water partition coefficient (Wildman–Crippen LogP) is 1.87. The molecule has 2 heterocycles. The van der Waals surface area contributed by atoms with E-state index in [1.807, 2.05) is 30.8 Å². The normalized spacial score (nSPS) is 16.6. The van der Waals surface area contributed by atoms with Gasteiger partial charge in [-0.1, -0.05) is 0 Å². The van der Waals surface area contributed by atoms with Crippen LogP contribution in [0, 0.1) is 0 Å². The molecule has 112 valence electrons. The Hall–Kier alpha value is -0.530. The van der Waals surface area contributed by atoms with E-state index in [1.165, 1.54) is 16.2 Å². The van der Waals surface area contributed by atoms with Gasteiger partial charge in [0.25, 0.3) is 5.56 Å². The van der Waals surface area contributed by atoms with Crippen LogP contribution in [0.25, 0.3) is 0 Å². The molecule has 0 atom stereocenters. The van der Waals surface area contributed by atoms with Gasteiger partial charge in [0.15, 0.2) is 0 Å². The fourth-order valence-corrected chi connectivity index (χ4v) is 3.61. The largest absolute Gasteiger partial charge is 0.380 e. The first kappa shape index (κ1) is 15.9. The number of rotatable bonds is 5. The fraction of sp³-hybridized carbons (Fsp3) is 0.692. The minimum atomic E-state index is -0.0676. The molecule has 0 saturated carbocycles. The lowest BCUT2D eigenvalue weighted by Crippen LogP contribution is -2.31. The summed E-state index contributed by atoms with van der Waals surface area (Å²) in [5.74, 6) is 2.37. The number of nitrogens with one attached hydrogen (secondary N) is 1. The molecular formula is C13H21BrN4OS. The number of aromatic nitrogens is 2. The Labute approximate surface area is 132 Å². The molecule has 5 nitrogen and oxygen atoms in total. The highest BCUT2D eigenvalue weighted by Gasteiger charge is 2.16. The molecule has 0 spiro atoms. The molecular weight excluding hydrogens is 340 g/mol. The van der Waals surface area contributed by atoms with Gasteiger partial charge in [-0.25, -0.2) is 4.68 Å². The van der Waals surface area contributed by atoms with E-state index in [9.17, 15) is 4.79 Å². The molecule has 0 aromatic carbocycles. The Balaban J connectivity index is 2.07. The van der Waals surface area contributed by atoms with Crippen molar-refractivity contribution in [1.29, 1.82) is 0 Å². The third kappa shape index (κ3) is 4.23. The van der Waals surface area contributed by atoms with E-state index in [0.29, 0.717) is 17.1 Å². The van der Waals surface area contributed by atoms with Crippen molar-refractivity contribution < 1.29 is 0 Å². The lowest BCUT2D eigenvalue weighted by atomic mass is 10.1. The second-order valence-electron chi connectivity index (χ2n) is 5.23. The molecule has 1 aromatic heterocycles. The van der Waals surface area contributed by atoms with Crippen molar-refractivity contribution in [2.45, 2.75) is 25.4 Å². The topological polar surface area (TPSA) is 50.2 Å². The summed E-state index contributed by atoms with van der Waals surface area (Å²) in [5, 5.41) is 7.69. The first-order valence-electron chi connectivity index (χ1n) is 6.82. The molecule has 7 heteroatoms. The summed E-state index contributed by atoms with van der Waals surface area (Å²) in [4.78, 5) is 14.3. The number of hydrogen-bond acceptors (Lipinski definition) is 5. The molecule has 1 N–H and O–H groups in total. The zero-order valence-corrected chi connectivity index (χ0v) is 14.3. The molecule has 20 heavy (non-hydrogen) atoms. The van der Waals surface area contributed by atoms with E-state index in [4.69, 9.17) is 0 Å². The maximum atomic E-state index is 12.2. The van der Waals surface area contributed by atoms with Gasteiger partial charge >= 0.3 is 0 Å². The summed E-state index contributed by atoms with van der Waals surface area (Å²) in [6.07, 6.45) is 4.03. The van der Waals surface area contributed by atoms with Crippen LogP contribution in [-0.4, -0.2) is 52.9 Å². The minimum Gasteiger partial charge on any atom is -0.380 e. The van der Waals surface area contributed by atoms with E-state index < -0.39 is 0 Å². The van der Waals surface area contributed by atoms with Crippen LogP contribution in [0.3, 0.4) is 0 Å². The number of likely N-dealkylation sites (N-methyl/N-ethyl adjacent to an activating group) is 1. The summed E-state index contributed by atoms with van der Waals surface area (Å²) in [6, 6.07) is 0.450. The highest BCUT2D eigenvalue weighted by molar-refractivity contribution is 9.10. The second-order valence-corrected chi connectivity index (χ2v) is 7.25. The average molecular weight is 361 g/mol. The van der Waals surface area contributed by atoms with Crippen molar-refractivity contribution in [3.05, 3.63) is 21.0 Å². The van der Waals surface area contributed by atoms with Crippen molar-refractivity contribution in [2.24, 2.45) is 0 Å². The van der Waals surface area contributed by atoms with Gasteiger partial charge in [0.2, 0.25) is 0 Å². The van der Waals surface area contributed by atoms with Gasteiger partial charge in [-0.15, -0.1) is 0 Å². The number of anilines is 1. The number of thioether (sulfide) groups is 1. The zero-order valence-electron chi connectivity index (χ0n) is 11.9. The van der Waals surface area contributed by atoms with Crippen LogP contribution in [0.2, 0.25) is 0 Å². The van der Waals surface area contributed by atoms with Crippen LogP contribution >= 0.6 is 27.7 Å². The smallest absolute Gasteiger partial charge is 0.283 e. The Morgan fingerprint density at radius 2 is 2.20 bits per heavy atom. The minimum absolute atomic E-state index is 0.0676. The number of hydrogen-bond donors (Lipinski definition) is 1. The van der Waals surface area contributed by atoms with Gasteiger partial charge in [-0.3, -0.25) is 4.79 Å². The molecule has 0 aliphatic carbocycles. The number of halogens is 1. The monoisotopic (exact) mass is 360 g/mol. The molecule has 1 aliphatic heterocycles. The Morgan fingerprint density at radius 3 is 2.85 bits per heavy atom. The van der Waals surface area contributed by atoms with Gasteiger partial charge in [0.05, 0.1) is 18.4 Å². The first-order valence-corrected chi connectivity index (χ1v) is 8.77. The molecule has 1 fully saturated rings. The quantitative estimate of drug-likeness (QED) is 0.868. The predicted molar refractivity (Wildman–Crippen MR) is 88.7 cm³/mol. The third-order valence-electron chi connectivity index (χ3n) is 3.32. The summed E-state index contributed by atoms with van der Waals surface area (Å²) in [5.41, 5.74) is 0.745. The SMILES string of the molecule is CN(C)CCn1ncc(NC2CCSCC2)c(Br)c1=O. The molecule has 0 radical (unpaired) electrons. The van der Waals surface area contributed by atoms with Crippen molar-refractivity contribution in [2.75, 3.05) is 37.5 Å². The van der Waals surface area contributed by atoms with E-state index in [-0.39, 0.29) is 5.56 Å². The summed E-state index contributed by atoms with van der Waals surface area (Å²) in [6.45, 7) is 1.40. The second kappa shape index (κ2) is 7.47. The maximum absolute atomic E-state index is 12.2. The highest BCUT2D eigenvalue weighted by Crippen LogP contribution is 2.23. The van der Waals surface area contributed by atoms with Crippen LogP contribution in [0.5, 0.6) is 0 Å². The summed E-state index contributed by atoms with van der Waals surface area (Å²) >= 11 is 5.40. The first-order chi connectivity index (χ1) is 9.58. The molecule has 1 aromatic rings. The van der Waals surface area contributed by atoms with Crippen molar-refractivity contribution in [3.8, 4) is 0 Å². The molecule has 2 rings (SSSR count). The Bertz CT molecular complexity index is 500. The van der Waals surface area contributed by atoms with E-state index in [0.717, 1.165) is 25.1 Å². The molecule has 0 unspecified atom stereocenters. The third-order valence-corrected chi connectivity index (χ3v) is 5.14. The van der Waals surface area contributed by atoms with Crippen LogP contribution in [0.1, 0.15) is 12.8 Å².